The van der Waals surface area contributed by atoms with Crippen LogP contribution in [0.15, 0.2) is 91.1 Å². The molecule has 1 heterocycles. The Morgan fingerprint density at radius 2 is 1.48 bits per heavy atom. The van der Waals surface area contributed by atoms with Crippen LogP contribution in [0.4, 0.5) is 5.69 Å². The van der Waals surface area contributed by atoms with Gasteiger partial charge in [-0.3, -0.25) is 10.1 Å². The van der Waals surface area contributed by atoms with Crippen molar-refractivity contribution >= 4 is 5.69 Å². The Labute approximate surface area is 167 Å². The third-order valence-corrected chi connectivity index (χ3v) is 4.49. The van der Waals surface area contributed by atoms with Crippen LogP contribution < -0.4 is 4.74 Å². The molecule has 0 aliphatic rings. The summed E-state index contributed by atoms with van der Waals surface area (Å²) >= 11 is 0. The van der Waals surface area contributed by atoms with Crippen molar-refractivity contribution in [2.75, 3.05) is 0 Å². The third-order valence-electron chi connectivity index (χ3n) is 4.49. The molecular formula is C22H18N4O3. The average molecular weight is 386 g/mol. The maximum Gasteiger partial charge on any atom is 0.269 e. The molecule has 0 amide bonds. The highest BCUT2D eigenvalue weighted by atomic mass is 16.6. The molecule has 0 bridgehead atoms. The second-order valence-corrected chi connectivity index (χ2v) is 6.45. The Balaban J connectivity index is 1.53. The highest BCUT2D eigenvalue weighted by Crippen LogP contribution is 2.26. The van der Waals surface area contributed by atoms with E-state index in [1.165, 1.54) is 12.1 Å². The minimum atomic E-state index is -0.442. The van der Waals surface area contributed by atoms with E-state index in [0.717, 1.165) is 11.1 Å². The van der Waals surface area contributed by atoms with E-state index in [1.807, 2.05) is 47.3 Å². The highest BCUT2D eigenvalue weighted by molar-refractivity contribution is 5.36. The van der Waals surface area contributed by atoms with Gasteiger partial charge in [-0.2, -0.15) is 0 Å². The maximum atomic E-state index is 10.7. The molecule has 3 aromatic carbocycles. The number of hydrogen-bond donors (Lipinski definition) is 0. The Morgan fingerprint density at radius 1 is 0.897 bits per heavy atom. The minimum absolute atomic E-state index is 0.0249. The summed E-state index contributed by atoms with van der Waals surface area (Å²) in [5, 5.41) is 19.3. The second kappa shape index (κ2) is 8.35. The summed E-state index contributed by atoms with van der Waals surface area (Å²) in [6.45, 7) is 0.216. The maximum absolute atomic E-state index is 10.7. The molecule has 0 unspecified atom stereocenters. The fraction of sp³-hybridized carbons (Fsp3) is 0.0909. The van der Waals surface area contributed by atoms with Gasteiger partial charge in [0.1, 0.15) is 24.1 Å². The first-order chi connectivity index (χ1) is 14.2. The van der Waals surface area contributed by atoms with Crippen molar-refractivity contribution in [3.8, 4) is 5.75 Å². The van der Waals surface area contributed by atoms with Crippen LogP contribution >= 0.6 is 0 Å². The predicted molar refractivity (Wildman–Crippen MR) is 108 cm³/mol. The van der Waals surface area contributed by atoms with E-state index in [2.05, 4.69) is 34.6 Å². The number of ether oxygens (including phenoxy) is 1. The Morgan fingerprint density at radius 3 is 2.03 bits per heavy atom. The molecule has 0 aliphatic heterocycles. The molecule has 4 aromatic rings. The van der Waals surface area contributed by atoms with Gasteiger partial charge in [-0.1, -0.05) is 65.9 Å². The zero-order valence-corrected chi connectivity index (χ0v) is 15.5. The monoisotopic (exact) mass is 386 g/mol. The Bertz CT molecular complexity index is 1040. The van der Waals surface area contributed by atoms with Gasteiger partial charge in [-0.05, 0) is 23.3 Å². The molecule has 29 heavy (non-hydrogen) atoms. The number of rotatable bonds is 7. The van der Waals surface area contributed by atoms with E-state index in [4.69, 9.17) is 4.74 Å². The molecule has 7 heteroatoms. The number of hydrogen-bond acceptors (Lipinski definition) is 5. The summed E-state index contributed by atoms with van der Waals surface area (Å²) in [6, 6.07) is 26.1. The van der Waals surface area contributed by atoms with E-state index in [-0.39, 0.29) is 18.3 Å². The summed E-state index contributed by atoms with van der Waals surface area (Å²) in [7, 11) is 0. The normalized spacial score (nSPS) is 10.8. The lowest BCUT2D eigenvalue weighted by molar-refractivity contribution is -0.384. The van der Waals surface area contributed by atoms with Crippen LogP contribution in [0.3, 0.4) is 0 Å². The van der Waals surface area contributed by atoms with Crippen molar-refractivity contribution in [2.24, 2.45) is 0 Å². The molecule has 1 aromatic heterocycles. The standard InChI is InChI=1S/C22H18N4O3/c27-26(28)20-11-13-21(14-12-20)29-16-19-15-25(24-23-19)22(17-7-3-1-4-8-17)18-9-5-2-6-10-18/h1-15,22H,16H2. The van der Waals surface area contributed by atoms with Gasteiger partial charge in [0, 0.05) is 12.1 Å². The van der Waals surface area contributed by atoms with Gasteiger partial charge < -0.3 is 4.74 Å². The molecule has 0 saturated carbocycles. The Kier molecular flexibility index (Phi) is 5.29. The van der Waals surface area contributed by atoms with Gasteiger partial charge in [-0.15, -0.1) is 5.10 Å². The molecule has 7 nitrogen and oxygen atoms in total. The molecule has 0 N–H and O–H groups in total. The molecule has 4 rings (SSSR count). The van der Waals surface area contributed by atoms with Gasteiger partial charge >= 0.3 is 0 Å². The van der Waals surface area contributed by atoms with Crippen molar-refractivity contribution < 1.29 is 9.66 Å². The first-order valence-corrected chi connectivity index (χ1v) is 9.08. The average Bonchev–Trinajstić information content (AvgIpc) is 3.23. The van der Waals surface area contributed by atoms with Crippen molar-refractivity contribution in [3.05, 3.63) is 118 Å². The van der Waals surface area contributed by atoms with Gasteiger partial charge in [0.25, 0.3) is 5.69 Å². The van der Waals surface area contributed by atoms with Crippen molar-refractivity contribution in [1.82, 2.24) is 15.0 Å². The molecule has 0 spiro atoms. The molecule has 144 valence electrons. The number of nitro groups is 1. The Hall–Kier alpha value is -4.00. The van der Waals surface area contributed by atoms with Crippen molar-refractivity contribution in [3.63, 3.8) is 0 Å². The second-order valence-electron chi connectivity index (χ2n) is 6.45. The SMILES string of the molecule is O=[N+]([O-])c1ccc(OCc2cn(C(c3ccccc3)c3ccccc3)nn2)cc1. The van der Waals surface area contributed by atoms with Crippen molar-refractivity contribution in [1.29, 1.82) is 0 Å². The van der Waals surface area contributed by atoms with Crippen LogP contribution in [0.1, 0.15) is 22.9 Å². The lowest BCUT2D eigenvalue weighted by Gasteiger charge is -2.17. The lowest BCUT2D eigenvalue weighted by atomic mass is 9.99. The van der Waals surface area contributed by atoms with Crippen LogP contribution in [0.25, 0.3) is 0 Å². The first-order valence-electron chi connectivity index (χ1n) is 9.08. The van der Waals surface area contributed by atoms with Crippen LogP contribution in [0.5, 0.6) is 5.75 Å². The van der Waals surface area contributed by atoms with Gasteiger partial charge in [0.15, 0.2) is 0 Å². The molecule has 0 saturated heterocycles. The zero-order chi connectivity index (χ0) is 20.1. The summed E-state index contributed by atoms with van der Waals surface area (Å²) < 4.78 is 7.51. The van der Waals surface area contributed by atoms with Crippen LogP contribution in [0.2, 0.25) is 0 Å². The van der Waals surface area contributed by atoms with Crippen molar-refractivity contribution in [2.45, 2.75) is 12.6 Å². The van der Waals surface area contributed by atoms with E-state index in [9.17, 15) is 10.1 Å². The van der Waals surface area contributed by atoms with Crippen LogP contribution in [0, 0.1) is 10.1 Å². The number of non-ortho nitro benzene ring substituents is 1. The minimum Gasteiger partial charge on any atom is -0.487 e. The fourth-order valence-corrected chi connectivity index (χ4v) is 3.10. The molecule has 0 aliphatic carbocycles. The summed E-state index contributed by atoms with van der Waals surface area (Å²) in [5.41, 5.74) is 2.90. The van der Waals surface area contributed by atoms with Crippen LogP contribution in [-0.4, -0.2) is 19.9 Å². The largest absolute Gasteiger partial charge is 0.487 e. The van der Waals surface area contributed by atoms with Crippen LogP contribution in [-0.2, 0) is 6.61 Å². The van der Waals surface area contributed by atoms with E-state index in [1.54, 1.807) is 12.1 Å². The highest BCUT2D eigenvalue weighted by Gasteiger charge is 2.18. The first kappa shape index (κ1) is 18.4. The van der Waals surface area contributed by atoms with Gasteiger partial charge in [0.2, 0.25) is 0 Å². The quantitative estimate of drug-likeness (QED) is 0.347. The zero-order valence-electron chi connectivity index (χ0n) is 15.5. The summed E-state index contributed by atoms with van der Waals surface area (Å²) in [6.07, 6.45) is 1.86. The number of aromatic nitrogens is 3. The van der Waals surface area contributed by atoms with E-state index < -0.39 is 4.92 Å². The van der Waals surface area contributed by atoms with Gasteiger partial charge in [-0.25, -0.2) is 4.68 Å². The summed E-state index contributed by atoms with van der Waals surface area (Å²) in [4.78, 5) is 10.3. The van der Waals surface area contributed by atoms with E-state index in [0.29, 0.717) is 11.4 Å². The predicted octanol–water partition coefficient (Wildman–Crippen LogP) is 4.40. The molecular weight excluding hydrogens is 368 g/mol. The molecule has 0 radical (unpaired) electrons. The smallest absolute Gasteiger partial charge is 0.269 e. The number of nitro benzene ring substituents is 1. The third kappa shape index (κ3) is 4.30. The number of benzene rings is 3. The fourth-order valence-electron chi connectivity index (χ4n) is 3.10. The summed E-state index contributed by atoms with van der Waals surface area (Å²) in [5.74, 6) is 0.535. The molecule has 0 atom stereocenters. The molecule has 0 fully saturated rings. The topological polar surface area (TPSA) is 83.1 Å². The van der Waals surface area contributed by atoms with Gasteiger partial charge in [0.05, 0.1) is 11.1 Å². The number of nitrogens with zero attached hydrogens (tertiary/aromatic N) is 4. The lowest BCUT2D eigenvalue weighted by Crippen LogP contribution is -2.13. The van der Waals surface area contributed by atoms with E-state index >= 15 is 0 Å².